The van der Waals surface area contributed by atoms with Crippen LogP contribution in [0.3, 0.4) is 0 Å². The van der Waals surface area contributed by atoms with Gasteiger partial charge in [-0.1, -0.05) is 30.3 Å². The van der Waals surface area contributed by atoms with Crippen molar-refractivity contribution in [1.82, 2.24) is 5.32 Å². The lowest BCUT2D eigenvalue weighted by atomic mass is 10.1. The summed E-state index contributed by atoms with van der Waals surface area (Å²) in [6, 6.07) is 14.6. The quantitative estimate of drug-likeness (QED) is 0.571. The van der Waals surface area contributed by atoms with Crippen molar-refractivity contribution in [2.75, 3.05) is 19.8 Å². The smallest absolute Gasteiger partial charge is 0.308 e. The van der Waals surface area contributed by atoms with Crippen LogP contribution in [0.1, 0.15) is 27.9 Å². The highest BCUT2D eigenvalue weighted by Crippen LogP contribution is 2.25. The van der Waals surface area contributed by atoms with E-state index in [-0.39, 0.29) is 37.7 Å². The van der Waals surface area contributed by atoms with Gasteiger partial charge in [0.15, 0.2) is 12.4 Å². The lowest BCUT2D eigenvalue weighted by Gasteiger charge is -2.07. The van der Waals surface area contributed by atoms with Crippen LogP contribution in [0.4, 0.5) is 0 Å². The summed E-state index contributed by atoms with van der Waals surface area (Å²) < 4.78 is 10.4. The Hall–Kier alpha value is -3.15. The summed E-state index contributed by atoms with van der Waals surface area (Å²) in [4.78, 5) is 35.7. The van der Waals surface area contributed by atoms with Crippen molar-refractivity contribution >= 4 is 17.7 Å². The molecule has 0 saturated carbocycles. The normalized spacial score (nSPS) is 12.0. The number of ether oxygens (including phenoxy) is 2. The van der Waals surface area contributed by atoms with Gasteiger partial charge in [0.2, 0.25) is 5.91 Å². The summed E-state index contributed by atoms with van der Waals surface area (Å²) in [5.74, 6) is -0.140. The van der Waals surface area contributed by atoms with Gasteiger partial charge in [-0.3, -0.25) is 14.4 Å². The predicted octanol–water partition coefficient (Wildman–Crippen LogP) is 2.10. The number of carbonyl (C=O) groups is 3. The molecule has 0 radical (unpaired) electrons. The summed E-state index contributed by atoms with van der Waals surface area (Å²) in [5.41, 5.74) is 2.40. The monoisotopic (exact) mass is 367 g/mol. The SMILES string of the molecule is O=C(Cc1ccccc1)NCCC(=O)OCC(=O)c1ccc2c(c1)CCO2. The molecule has 0 bridgehead atoms. The van der Waals surface area contributed by atoms with Gasteiger partial charge in [-0.05, 0) is 29.3 Å². The molecule has 0 aromatic heterocycles. The number of carbonyl (C=O) groups excluding carboxylic acids is 3. The van der Waals surface area contributed by atoms with E-state index in [1.54, 1.807) is 18.2 Å². The number of Topliss-reactive ketones (excluding diaryl/α,β-unsaturated/α-hetero) is 1. The first kappa shape index (κ1) is 18.6. The first-order chi connectivity index (χ1) is 13.1. The number of fused-ring (bicyclic) bond motifs is 1. The second-order valence-electron chi connectivity index (χ2n) is 6.27. The van der Waals surface area contributed by atoms with Gasteiger partial charge in [-0.25, -0.2) is 0 Å². The van der Waals surface area contributed by atoms with Crippen molar-refractivity contribution in [2.45, 2.75) is 19.3 Å². The van der Waals surface area contributed by atoms with Crippen LogP contribution in [0.15, 0.2) is 48.5 Å². The standard InChI is InChI=1S/C21H21NO5/c23-18(16-6-7-19-17(13-16)9-11-26-19)14-27-21(25)8-10-22-20(24)12-15-4-2-1-3-5-15/h1-7,13H,8-12,14H2,(H,22,24). The van der Waals surface area contributed by atoms with Gasteiger partial charge in [0.1, 0.15) is 5.75 Å². The number of nitrogens with one attached hydrogen (secondary N) is 1. The maximum Gasteiger partial charge on any atom is 0.308 e. The Labute approximate surface area is 157 Å². The first-order valence-electron chi connectivity index (χ1n) is 8.87. The predicted molar refractivity (Wildman–Crippen MR) is 98.7 cm³/mol. The summed E-state index contributed by atoms with van der Waals surface area (Å²) in [7, 11) is 0. The number of hydrogen-bond donors (Lipinski definition) is 1. The molecule has 140 valence electrons. The van der Waals surface area contributed by atoms with Crippen LogP contribution in [-0.4, -0.2) is 37.4 Å². The Balaban J connectivity index is 1.36. The molecular formula is C21H21NO5. The first-order valence-corrected chi connectivity index (χ1v) is 8.87. The molecule has 1 aliphatic rings. The van der Waals surface area contributed by atoms with E-state index < -0.39 is 5.97 Å². The summed E-state index contributed by atoms with van der Waals surface area (Å²) in [6.07, 6.45) is 1.06. The maximum atomic E-state index is 12.1. The Morgan fingerprint density at radius 2 is 1.89 bits per heavy atom. The van der Waals surface area contributed by atoms with E-state index in [2.05, 4.69) is 5.32 Å². The molecule has 1 heterocycles. The topological polar surface area (TPSA) is 81.7 Å². The number of rotatable bonds is 8. The Bertz CT molecular complexity index is 832. The van der Waals surface area contributed by atoms with Gasteiger partial charge in [0.25, 0.3) is 0 Å². The molecular weight excluding hydrogens is 346 g/mol. The van der Waals surface area contributed by atoms with E-state index in [0.717, 1.165) is 23.3 Å². The molecule has 6 nitrogen and oxygen atoms in total. The van der Waals surface area contributed by atoms with E-state index in [1.165, 1.54) is 0 Å². The molecule has 3 rings (SSSR count). The molecule has 1 aliphatic heterocycles. The lowest BCUT2D eigenvalue weighted by molar-refractivity contribution is -0.142. The van der Waals surface area contributed by atoms with E-state index in [0.29, 0.717) is 12.2 Å². The molecule has 0 saturated heterocycles. The van der Waals surface area contributed by atoms with Crippen LogP contribution in [0, 0.1) is 0 Å². The van der Waals surface area contributed by atoms with Crippen molar-refractivity contribution in [3.8, 4) is 5.75 Å². The highest BCUT2D eigenvalue weighted by atomic mass is 16.5. The summed E-state index contributed by atoms with van der Waals surface area (Å²) in [5, 5.41) is 2.67. The molecule has 0 aliphatic carbocycles. The minimum absolute atomic E-state index is 0.0197. The molecule has 6 heteroatoms. The van der Waals surface area contributed by atoms with Crippen LogP contribution in [-0.2, 0) is 27.2 Å². The molecule has 27 heavy (non-hydrogen) atoms. The minimum atomic E-state index is -0.521. The van der Waals surface area contributed by atoms with E-state index in [4.69, 9.17) is 9.47 Å². The highest BCUT2D eigenvalue weighted by molar-refractivity contribution is 5.98. The van der Waals surface area contributed by atoms with Crippen LogP contribution < -0.4 is 10.1 Å². The second kappa shape index (κ2) is 8.98. The number of benzene rings is 2. The molecule has 2 aromatic carbocycles. The Kier molecular flexibility index (Phi) is 6.20. The fourth-order valence-corrected chi connectivity index (χ4v) is 2.81. The van der Waals surface area contributed by atoms with Gasteiger partial charge in [-0.2, -0.15) is 0 Å². The molecule has 0 fully saturated rings. The fraction of sp³-hybridized carbons (Fsp3) is 0.286. The van der Waals surface area contributed by atoms with Gasteiger partial charge in [0.05, 0.1) is 19.4 Å². The van der Waals surface area contributed by atoms with Gasteiger partial charge in [0, 0.05) is 18.5 Å². The van der Waals surface area contributed by atoms with Crippen LogP contribution >= 0.6 is 0 Å². The summed E-state index contributed by atoms with van der Waals surface area (Å²) >= 11 is 0. The third-order valence-electron chi connectivity index (χ3n) is 4.23. The second-order valence-corrected chi connectivity index (χ2v) is 6.27. The van der Waals surface area contributed by atoms with Crippen molar-refractivity contribution in [3.05, 3.63) is 65.2 Å². The van der Waals surface area contributed by atoms with E-state index in [1.807, 2.05) is 30.3 Å². The largest absolute Gasteiger partial charge is 0.493 e. The molecule has 0 atom stereocenters. The van der Waals surface area contributed by atoms with E-state index in [9.17, 15) is 14.4 Å². The highest BCUT2D eigenvalue weighted by Gasteiger charge is 2.16. The van der Waals surface area contributed by atoms with Gasteiger partial charge < -0.3 is 14.8 Å². The zero-order valence-corrected chi connectivity index (χ0v) is 14.9. The van der Waals surface area contributed by atoms with Gasteiger partial charge >= 0.3 is 5.97 Å². The van der Waals surface area contributed by atoms with Gasteiger partial charge in [-0.15, -0.1) is 0 Å². The number of ketones is 1. The fourth-order valence-electron chi connectivity index (χ4n) is 2.81. The van der Waals surface area contributed by atoms with Crippen molar-refractivity contribution in [1.29, 1.82) is 0 Å². The lowest BCUT2D eigenvalue weighted by Crippen LogP contribution is -2.28. The van der Waals surface area contributed by atoms with Crippen molar-refractivity contribution in [3.63, 3.8) is 0 Å². The Morgan fingerprint density at radius 3 is 2.70 bits per heavy atom. The third kappa shape index (κ3) is 5.41. The van der Waals surface area contributed by atoms with Crippen LogP contribution in [0.25, 0.3) is 0 Å². The molecule has 1 N–H and O–H groups in total. The number of hydrogen-bond acceptors (Lipinski definition) is 5. The molecule has 2 aromatic rings. The molecule has 1 amide bonds. The average Bonchev–Trinajstić information content (AvgIpc) is 3.14. The minimum Gasteiger partial charge on any atom is -0.493 e. The maximum absolute atomic E-state index is 12.1. The average molecular weight is 367 g/mol. The third-order valence-corrected chi connectivity index (χ3v) is 4.23. The number of amides is 1. The van der Waals surface area contributed by atoms with Crippen LogP contribution in [0.5, 0.6) is 5.75 Å². The number of esters is 1. The zero-order valence-electron chi connectivity index (χ0n) is 14.9. The van der Waals surface area contributed by atoms with Crippen LogP contribution in [0.2, 0.25) is 0 Å². The van der Waals surface area contributed by atoms with Crippen molar-refractivity contribution < 1.29 is 23.9 Å². The molecule has 0 unspecified atom stereocenters. The molecule has 0 spiro atoms. The van der Waals surface area contributed by atoms with E-state index >= 15 is 0 Å². The zero-order chi connectivity index (χ0) is 19.1. The Morgan fingerprint density at radius 1 is 1.07 bits per heavy atom. The summed E-state index contributed by atoms with van der Waals surface area (Å²) in [6.45, 7) is 0.489. The van der Waals surface area contributed by atoms with Crippen molar-refractivity contribution in [2.24, 2.45) is 0 Å².